The number of nitrogens with two attached hydrogens (primary N) is 1. The normalized spacial score (nSPS) is 10.5. The smallest absolute Gasteiger partial charge is 0.171 e. The third-order valence-corrected chi connectivity index (χ3v) is 4.12. The fourth-order valence-corrected chi connectivity index (χ4v) is 2.78. The lowest BCUT2D eigenvalue weighted by atomic mass is 10.2. The lowest BCUT2D eigenvalue weighted by molar-refractivity contribution is 0.102. The molecule has 0 aliphatic carbocycles. The van der Waals surface area contributed by atoms with Gasteiger partial charge in [0.15, 0.2) is 5.78 Å². The molecule has 3 nitrogen and oxygen atoms in total. The van der Waals surface area contributed by atoms with Gasteiger partial charge in [0, 0.05) is 20.5 Å². The van der Waals surface area contributed by atoms with Crippen LogP contribution in [0.2, 0.25) is 0 Å². The fourth-order valence-electron chi connectivity index (χ4n) is 1.84. The average Bonchev–Trinajstić information content (AvgIpc) is 2.71. The molecule has 0 radical (unpaired) electrons. The van der Waals surface area contributed by atoms with Crippen LogP contribution in [0.25, 0.3) is 0 Å². The number of benzene rings is 1. The van der Waals surface area contributed by atoms with Crippen LogP contribution in [0.5, 0.6) is 0 Å². The Labute approximate surface area is 115 Å². The first kappa shape index (κ1) is 13.5. The molecule has 1 aromatic heterocycles. The molecule has 2 aromatic rings. The predicted molar refractivity (Wildman–Crippen MR) is 77.2 cm³/mol. The van der Waals surface area contributed by atoms with E-state index in [4.69, 9.17) is 5.73 Å². The lowest BCUT2D eigenvalue weighted by Crippen LogP contribution is -2.15. The van der Waals surface area contributed by atoms with Crippen LogP contribution in [0.1, 0.15) is 22.2 Å². The van der Waals surface area contributed by atoms with Gasteiger partial charge in [-0.25, -0.2) is 4.39 Å². The maximum atomic E-state index is 13.1. The van der Waals surface area contributed by atoms with Gasteiger partial charge < -0.3 is 10.6 Å². The van der Waals surface area contributed by atoms with Gasteiger partial charge in [-0.3, -0.25) is 4.79 Å². The molecule has 0 amide bonds. The third kappa shape index (κ3) is 3.12. The molecule has 0 bridgehead atoms. The highest BCUT2D eigenvalue weighted by molar-refractivity contribution is 7.18. The fraction of sp³-hybridized carbons (Fsp3) is 0.214. The van der Waals surface area contributed by atoms with Gasteiger partial charge in [-0.15, -0.1) is 11.3 Å². The number of ketones is 1. The van der Waals surface area contributed by atoms with Crippen molar-refractivity contribution in [1.29, 1.82) is 0 Å². The molecule has 0 aliphatic rings. The van der Waals surface area contributed by atoms with Gasteiger partial charge in [0.25, 0.3) is 0 Å². The number of halogens is 1. The molecule has 2 N–H and O–H groups in total. The summed E-state index contributed by atoms with van der Waals surface area (Å²) in [6, 6.07) is 8.24. The van der Waals surface area contributed by atoms with Crippen LogP contribution in [0, 0.1) is 5.82 Å². The zero-order valence-electron chi connectivity index (χ0n) is 10.8. The Morgan fingerprint density at radius 1 is 1.42 bits per heavy atom. The molecule has 0 fully saturated rings. The van der Waals surface area contributed by atoms with Gasteiger partial charge in [0.05, 0.1) is 15.6 Å². The molecule has 0 spiro atoms. The van der Waals surface area contributed by atoms with Gasteiger partial charge >= 0.3 is 0 Å². The number of thiophene rings is 1. The zero-order chi connectivity index (χ0) is 14.0. The molecule has 0 saturated carbocycles. The topological polar surface area (TPSA) is 46.3 Å². The van der Waals surface area contributed by atoms with E-state index >= 15 is 0 Å². The van der Waals surface area contributed by atoms with E-state index in [0.717, 1.165) is 10.6 Å². The number of Topliss-reactive ketones (excluding diaryl/α,β-unsaturated/α-hetero) is 1. The molecular weight excluding hydrogens is 263 g/mol. The van der Waals surface area contributed by atoms with Crippen molar-refractivity contribution in [3.8, 4) is 0 Å². The summed E-state index contributed by atoms with van der Waals surface area (Å²) in [4.78, 5) is 13.9. The van der Waals surface area contributed by atoms with Crippen molar-refractivity contribution in [3.63, 3.8) is 0 Å². The molecule has 5 heteroatoms. The quantitative estimate of drug-likeness (QED) is 0.873. The van der Waals surface area contributed by atoms with Gasteiger partial charge in [0.2, 0.25) is 0 Å². The molecule has 2 rings (SSSR count). The molecule has 0 aliphatic heterocycles. The van der Waals surface area contributed by atoms with Crippen molar-refractivity contribution < 1.29 is 9.18 Å². The Morgan fingerprint density at radius 2 is 2.16 bits per heavy atom. The number of nitrogen functional groups attached to an aromatic ring is 1. The van der Waals surface area contributed by atoms with Crippen LogP contribution in [-0.4, -0.2) is 12.8 Å². The molecule has 19 heavy (non-hydrogen) atoms. The van der Waals surface area contributed by atoms with Crippen molar-refractivity contribution in [2.24, 2.45) is 0 Å². The number of rotatable bonds is 4. The summed E-state index contributed by atoms with van der Waals surface area (Å²) in [5.74, 6) is -0.283. The first-order valence-corrected chi connectivity index (χ1v) is 6.65. The Bertz CT molecular complexity index is 609. The van der Waals surface area contributed by atoms with Crippen LogP contribution in [0.15, 0.2) is 30.3 Å². The second-order valence-electron chi connectivity index (χ2n) is 4.41. The minimum atomic E-state index is -0.249. The number of carbonyl (C=O) groups is 1. The minimum absolute atomic E-state index is 0.0343. The van der Waals surface area contributed by atoms with E-state index in [-0.39, 0.29) is 11.6 Å². The summed E-state index contributed by atoms with van der Waals surface area (Å²) in [7, 11) is 1.89. The van der Waals surface area contributed by atoms with E-state index in [9.17, 15) is 9.18 Å². The Morgan fingerprint density at radius 3 is 2.74 bits per heavy atom. The second-order valence-corrected chi connectivity index (χ2v) is 5.44. The lowest BCUT2D eigenvalue weighted by Gasteiger charge is -2.16. The summed E-state index contributed by atoms with van der Waals surface area (Å²) in [6.07, 6.45) is 0. The first-order chi connectivity index (χ1) is 8.97. The first-order valence-electron chi connectivity index (χ1n) is 5.83. The Balaban J connectivity index is 2.18. The van der Waals surface area contributed by atoms with Crippen molar-refractivity contribution in [2.75, 3.05) is 17.7 Å². The predicted octanol–water partition coefficient (Wildman–Crippen LogP) is 3.31. The number of hydrogen-bond acceptors (Lipinski definition) is 4. The van der Waals surface area contributed by atoms with E-state index < -0.39 is 0 Å². The highest BCUT2D eigenvalue weighted by Crippen LogP contribution is 2.32. The van der Waals surface area contributed by atoms with Crippen LogP contribution < -0.4 is 10.6 Å². The summed E-state index contributed by atoms with van der Waals surface area (Å²) in [5, 5.41) is 0.895. The molecule has 0 unspecified atom stereocenters. The Kier molecular flexibility index (Phi) is 3.85. The van der Waals surface area contributed by atoms with Gasteiger partial charge in [-0.2, -0.15) is 0 Å². The largest absolute Gasteiger partial charge is 0.397 e. The summed E-state index contributed by atoms with van der Waals surface area (Å²) >= 11 is 1.36. The average molecular weight is 278 g/mol. The van der Waals surface area contributed by atoms with Crippen molar-refractivity contribution in [3.05, 3.63) is 46.6 Å². The van der Waals surface area contributed by atoms with Crippen LogP contribution in [0.3, 0.4) is 0 Å². The summed E-state index contributed by atoms with van der Waals surface area (Å²) < 4.78 is 13.1. The van der Waals surface area contributed by atoms with Gasteiger partial charge in [-0.1, -0.05) is 12.1 Å². The van der Waals surface area contributed by atoms with Crippen LogP contribution in [0.4, 0.5) is 15.1 Å². The van der Waals surface area contributed by atoms with Crippen LogP contribution >= 0.6 is 11.3 Å². The van der Waals surface area contributed by atoms with E-state index in [2.05, 4.69) is 0 Å². The second kappa shape index (κ2) is 5.40. The minimum Gasteiger partial charge on any atom is -0.397 e. The van der Waals surface area contributed by atoms with Gasteiger partial charge in [0.1, 0.15) is 5.82 Å². The van der Waals surface area contributed by atoms with E-state index in [1.54, 1.807) is 12.1 Å². The number of nitrogens with zero attached hydrogens (tertiary/aromatic N) is 1. The standard InChI is InChI=1S/C14H15FN2OS/c1-9(18)14-12(16)7-13(19-14)17(2)8-10-4-3-5-11(15)6-10/h3-7H,8,16H2,1-2H3. The maximum absolute atomic E-state index is 13.1. The summed E-state index contributed by atoms with van der Waals surface area (Å²) in [6.45, 7) is 2.06. The molecular formula is C14H15FN2OS. The third-order valence-electron chi connectivity index (χ3n) is 2.75. The van der Waals surface area contributed by atoms with Gasteiger partial charge in [-0.05, 0) is 23.8 Å². The molecule has 0 atom stereocenters. The number of hydrogen-bond donors (Lipinski definition) is 1. The number of anilines is 2. The molecule has 100 valence electrons. The van der Waals surface area contributed by atoms with E-state index in [0.29, 0.717) is 17.1 Å². The molecule has 0 saturated heterocycles. The summed E-state index contributed by atoms with van der Waals surface area (Å²) in [5.41, 5.74) is 7.17. The SMILES string of the molecule is CC(=O)c1sc(N(C)Cc2cccc(F)c2)cc1N. The van der Waals surface area contributed by atoms with Crippen molar-refractivity contribution in [2.45, 2.75) is 13.5 Å². The van der Waals surface area contributed by atoms with E-state index in [1.807, 2.05) is 18.0 Å². The van der Waals surface area contributed by atoms with Crippen molar-refractivity contribution >= 4 is 27.8 Å². The molecule has 1 heterocycles. The zero-order valence-corrected chi connectivity index (χ0v) is 11.6. The maximum Gasteiger partial charge on any atom is 0.171 e. The molecule has 1 aromatic carbocycles. The van der Waals surface area contributed by atoms with Crippen LogP contribution in [-0.2, 0) is 6.54 Å². The number of carbonyl (C=O) groups excluding carboxylic acids is 1. The monoisotopic (exact) mass is 278 g/mol. The van der Waals surface area contributed by atoms with Crippen molar-refractivity contribution in [1.82, 2.24) is 0 Å². The van der Waals surface area contributed by atoms with E-state index in [1.165, 1.54) is 30.4 Å². The highest BCUT2D eigenvalue weighted by atomic mass is 32.1. The highest BCUT2D eigenvalue weighted by Gasteiger charge is 2.13. The Hall–Kier alpha value is -1.88.